The number of hydrogen-bond donors (Lipinski definition) is 0. The summed E-state index contributed by atoms with van der Waals surface area (Å²) in [4.78, 5) is 25.9. The van der Waals surface area contributed by atoms with Crippen LogP contribution in [-0.4, -0.2) is 24.1 Å². The van der Waals surface area contributed by atoms with E-state index in [0.717, 1.165) is 47.5 Å². The summed E-state index contributed by atoms with van der Waals surface area (Å²) >= 11 is 0. The molecule has 3 aromatic rings. The molecule has 1 saturated carbocycles. The SMILES string of the molecule is O=C(OC1C2CC(c3ccccc32)C1OC(=O)c1ccccc1C(F)(F)F)c1ccccc1C(F)(F)F. The van der Waals surface area contributed by atoms with Gasteiger partial charge in [-0.25, -0.2) is 9.59 Å². The van der Waals surface area contributed by atoms with Crippen molar-refractivity contribution in [1.29, 1.82) is 0 Å². The second-order valence-corrected chi connectivity index (χ2v) is 8.90. The quantitative estimate of drug-likeness (QED) is 0.282. The van der Waals surface area contributed by atoms with E-state index in [2.05, 4.69) is 0 Å². The molecule has 0 amide bonds. The number of rotatable bonds is 4. The van der Waals surface area contributed by atoms with E-state index in [1.807, 2.05) is 0 Å². The van der Waals surface area contributed by atoms with Gasteiger partial charge in [0, 0.05) is 11.8 Å². The molecule has 2 bridgehead atoms. The molecule has 1 fully saturated rings. The van der Waals surface area contributed by atoms with E-state index in [1.54, 1.807) is 24.3 Å². The van der Waals surface area contributed by atoms with E-state index in [0.29, 0.717) is 6.42 Å². The number of alkyl halides is 6. The summed E-state index contributed by atoms with van der Waals surface area (Å²) in [6, 6.07) is 15.3. The number of carbonyl (C=O) groups is 2. The second-order valence-electron chi connectivity index (χ2n) is 8.90. The highest BCUT2D eigenvalue weighted by Crippen LogP contribution is 2.55. The first-order valence-electron chi connectivity index (χ1n) is 11.3. The molecule has 0 radical (unpaired) electrons. The van der Waals surface area contributed by atoms with Crippen LogP contribution < -0.4 is 0 Å². The monoisotopic (exact) mass is 520 g/mol. The van der Waals surface area contributed by atoms with Crippen molar-refractivity contribution >= 4 is 11.9 Å². The number of benzene rings is 3. The van der Waals surface area contributed by atoms with Crippen LogP contribution in [-0.2, 0) is 21.8 Å². The van der Waals surface area contributed by atoms with Crippen molar-refractivity contribution in [3.63, 3.8) is 0 Å². The van der Waals surface area contributed by atoms with Gasteiger partial charge in [0.15, 0.2) is 0 Å². The molecule has 0 heterocycles. The van der Waals surface area contributed by atoms with Crippen molar-refractivity contribution in [2.24, 2.45) is 0 Å². The maximum atomic E-state index is 13.5. The molecule has 192 valence electrons. The third-order valence-electron chi connectivity index (χ3n) is 6.81. The minimum Gasteiger partial charge on any atom is -0.454 e. The van der Waals surface area contributed by atoms with Crippen molar-refractivity contribution < 1.29 is 45.4 Å². The van der Waals surface area contributed by atoms with Gasteiger partial charge in [0.1, 0.15) is 12.2 Å². The minimum atomic E-state index is -4.82. The Bertz CT molecular complexity index is 1260. The lowest BCUT2D eigenvalue weighted by Gasteiger charge is -2.32. The summed E-state index contributed by atoms with van der Waals surface area (Å²) in [6.07, 6.45) is -11.6. The Morgan fingerprint density at radius 2 is 0.946 bits per heavy atom. The molecule has 0 aromatic heterocycles. The predicted octanol–water partition coefficient (Wildman–Crippen LogP) is 6.76. The first kappa shape index (κ1) is 24.9. The highest BCUT2D eigenvalue weighted by Gasteiger charge is 2.55. The van der Waals surface area contributed by atoms with E-state index < -0.39 is 70.6 Å². The van der Waals surface area contributed by atoms with Gasteiger partial charge in [-0.1, -0.05) is 48.5 Å². The number of fused-ring (bicyclic) bond motifs is 5. The Morgan fingerprint density at radius 3 is 1.32 bits per heavy atom. The third-order valence-corrected chi connectivity index (χ3v) is 6.81. The van der Waals surface area contributed by atoms with Crippen LogP contribution >= 0.6 is 0 Å². The van der Waals surface area contributed by atoms with E-state index in [-0.39, 0.29) is 0 Å². The number of carbonyl (C=O) groups excluding carboxylic acids is 2. The van der Waals surface area contributed by atoms with Gasteiger partial charge in [0.05, 0.1) is 22.3 Å². The Hall–Kier alpha value is -3.82. The number of ether oxygens (including phenoxy) is 2. The van der Waals surface area contributed by atoms with Crippen LogP contribution in [0.4, 0.5) is 26.3 Å². The first-order valence-corrected chi connectivity index (χ1v) is 11.3. The molecular weight excluding hydrogens is 502 g/mol. The van der Waals surface area contributed by atoms with E-state index in [9.17, 15) is 35.9 Å². The summed E-state index contributed by atoms with van der Waals surface area (Å²) in [6.45, 7) is 0. The van der Waals surface area contributed by atoms with Gasteiger partial charge in [-0.05, 0) is 41.8 Å². The summed E-state index contributed by atoms with van der Waals surface area (Å²) in [5, 5.41) is 0. The third kappa shape index (κ3) is 4.45. The Kier molecular flexibility index (Phi) is 6.00. The Balaban J connectivity index is 1.48. The van der Waals surface area contributed by atoms with Gasteiger partial charge in [0.2, 0.25) is 0 Å². The standard InChI is InChI=1S/C27H18F6O4/c28-26(29,30)20-11-5-3-9-16(20)24(34)36-22-18-13-19(15-8-2-1-7-14(15)18)23(22)37-25(35)17-10-4-6-12-21(17)27(31,32)33/h1-12,18-19,22-23H,13H2. The van der Waals surface area contributed by atoms with Crippen molar-refractivity contribution in [3.05, 3.63) is 106 Å². The average molecular weight is 520 g/mol. The summed E-state index contributed by atoms with van der Waals surface area (Å²) in [5.41, 5.74) is -2.21. The second kappa shape index (κ2) is 8.93. The lowest BCUT2D eigenvalue weighted by Crippen LogP contribution is -2.39. The molecule has 0 spiro atoms. The Morgan fingerprint density at radius 1 is 0.595 bits per heavy atom. The van der Waals surface area contributed by atoms with Gasteiger partial charge in [-0.2, -0.15) is 26.3 Å². The maximum absolute atomic E-state index is 13.5. The van der Waals surface area contributed by atoms with Gasteiger partial charge < -0.3 is 9.47 Å². The smallest absolute Gasteiger partial charge is 0.417 e. The minimum absolute atomic E-state index is 0.358. The van der Waals surface area contributed by atoms with Crippen molar-refractivity contribution in [2.45, 2.75) is 42.8 Å². The van der Waals surface area contributed by atoms with E-state index in [1.165, 1.54) is 12.1 Å². The summed E-state index contributed by atoms with van der Waals surface area (Å²) in [5.74, 6) is -3.53. The summed E-state index contributed by atoms with van der Waals surface area (Å²) in [7, 11) is 0. The molecule has 2 aliphatic rings. The largest absolute Gasteiger partial charge is 0.454 e. The van der Waals surface area contributed by atoms with Crippen LogP contribution in [0, 0.1) is 0 Å². The van der Waals surface area contributed by atoms with Crippen LogP contribution in [0.3, 0.4) is 0 Å². The molecular formula is C27H18F6O4. The molecule has 4 nitrogen and oxygen atoms in total. The molecule has 37 heavy (non-hydrogen) atoms. The molecule has 3 aromatic carbocycles. The van der Waals surface area contributed by atoms with Gasteiger partial charge >= 0.3 is 24.3 Å². The lowest BCUT2D eigenvalue weighted by atomic mass is 9.87. The fourth-order valence-corrected chi connectivity index (χ4v) is 5.28. The molecule has 10 heteroatoms. The molecule has 4 unspecified atom stereocenters. The fourth-order valence-electron chi connectivity index (χ4n) is 5.28. The number of halogens is 6. The molecule has 0 aliphatic heterocycles. The zero-order chi connectivity index (χ0) is 26.5. The molecule has 4 atom stereocenters. The van der Waals surface area contributed by atoms with Gasteiger partial charge in [-0.3, -0.25) is 0 Å². The van der Waals surface area contributed by atoms with Crippen molar-refractivity contribution in [2.75, 3.05) is 0 Å². The molecule has 2 aliphatic carbocycles. The zero-order valence-electron chi connectivity index (χ0n) is 18.8. The van der Waals surface area contributed by atoms with Crippen LogP contribution in [0.2, 0.25) is 0 Å². The average Bonchev–Trinajstić information content (AvgIpc) is 3.40. The van der Waals surface area contributed by atoms with E-state index in [4.69, 9.17) is 9.47 Å². The zero-order valence-corrected chi connectivity index (χ0v) is 18.8. The number of hydrogen-bond acceptors (Lipinski definition) is 4. The lowest BCUT2D eigenvalue weighted by molar-refractivity contribution is -0.139. The van der Waals surface area contributed by atoms with Gasteiger partial charge in [0.25, 0.3) is 0 Å². The normalized spacial score (nSPS) is 22.4. The topological polar surface area (TPSA) is 52.6 Å². The van der Waals surface area contributed by atoms with Crippen molar-refractivity contribution in [3.8, 4) is 0 Å². The van der Waals surface area contributed by atoms with Crippen LogP contribution in [0.15, 0.2) is 72.8 Å². The molecule has 0 saturated heterocycles. The van der Waals surface area contributed by atoms with Gasteiger partial charge in [-0.15, -0.1) is 0 Å². The number of esters is 2. The van der Waals surface area contributed by atoms with E-state index >= 15 is 0 Å². The van der Waals surface area contributed by atoms with Crippen LogP contribution in [0.25, 0.3) is 0 Å². The summed E-state index contributed by atoms with van der Waals surface area (Å²) < 4.78 is 91.9. The Labute approximate surface area is 206 Å². The highest BCUT2D eigenvalue weighted by atomic mass is 19.4. The maximum Gasteiger partial charge on any atom is 0.417 e. The van der Waals surface area contributed by atoms with Crippen LogP contribution in [0.5, 0.6) is 0 Å². The molecule has 5 rings (SSSR count). The first-order chi connectivity index (χ1) is 17.5. The predicted molar refractivity (Wildman–Crippen MR) is 118 cm³/mol. The molecule has 0 N–H and O–H groups in total. The highest BCUT2D eigenvalue weighted by molar-refractivity contribution is 5.92. The fraction of sp³-hybridized carbons (Fsp3) is 0.259. The van der Waals surface area contributed by atoms with Crippen LogP contribution in [0.1, 0.15) is 61.2 Å². The van der Waals surface area contributed by atoms with Crippen molar-refractivity contribution in [1.82, 2.24) is 0 Å².